The van der Waals surface area contributed by atoms with Crippen LogP contribution in [-0.2, 0) is 5.54 Å². The van der Waals surface area contributed by atoms with E-state index in [0.29, 0.717) is 0 Å². The summed E-state index contributed by atoms with van der Waals surface area (Å²) in [6.45, 7) is 0. The first kappa shape index (κ1) is 13.2. The molecule has 1 aliphatic rings. The molecule has 2 aromatic rings. The molecular weight excluding hydrogens is 327 g/mol. The molecule has 0 spiro atoms. The molecule has 0 atom stereocenters. The molecule has 0 bridgehead atoms. The summed E-state index contributed by atoms with van der Waals surface area (Å²) in [6.07, 6.45) is 4.35. The van der Waals surface area contributed by atoms with E-state index in [0.717, 1.165) is 33.6 Å². The number of rotatable bonds is 2. The van der Waals surface area contributed by atoms with Crippen LogP contribution in [0.1, 0.15) is 30.7 Å². The normalized spacial score (nSPS) is 17.8. The summed E-state index contributed by atoms with van der Waals surface area (Å²) in [5.41, 5.74) is 7.93. The average molecular weight is 341 g/mol. The second kappa shape index (κ2) is 4.96. The fraction of sp³-hybridized carbons (Fsp3) is 0.357. The smallest absolute Gasteiger partial charge is 0.124 e. The third-order valence-electron chi connectivity index (χ3n) is 3.63. The minimum atomic E-state index is -0.255. The molecule has 3 rings (SSSR count). The van der Waals surface area contributed by atoms with Gasteiger partial charge in [0.1, 0.15) is 10.8 Å². The van der Waals surface area contributed by atoms with Crippen LogP contribution in [0.25, 0.3) is 11.3 Å². The van der Waals surface area contributed by atoms with Crippen molar-refractivity contribution in [2.24, 2.45) is 5.73 Å². The topological polar surface area (TPSA) is 38.9 Å². The standard InChI is InChI=1S/C14H14BrFN2S/c15-11-7-9(16)3-4-10(11)12-8-19-13(18-12)14(17)5-1-2-6-14/h3-4,7-8H,1-2,5-6,17H2. The molecular formula is C14H14BrFN2S. The van der Waals surface area contributed by atoms with Crippen molar-refractivity contribution in [2.75, 3.05) is 0 Å². The molecule has 100 valence electrons. The number of thiazole rings is 1. The number of aromatic nitrogens is 1. The van der Waals surface area contributed by atoms with E-state index in [1.54, 1.807) is 17.4 Å². The van der Waals surface area contributed by atoms with Gasteiger partial charge < -0.3 is 5.73 Å². The van der Waals surface area contributed by atoms with Crippen LogP contribution in [0.15, 0.2) is 28.1 Å². The van der Waals surface area contributed by atoms with Gasteiger partial charge in [0.15, 0.2) is 0 Å². The Kier molecular flexibility index (Phi) is 3.45. The Morgan fingerprint density at radius 1 is 1.32 bits per heavy atom. The molecule has 1 fully saturated rings. The van der Waals surface area contributed by atoms with Gasteiger partial charge in [-0.25, -0.2) is 9.37 Å². The van der Waals surface area contributed by atoms with Crippen molar-refractivity contribution in [1.29, 1.82) is 0 Å². The van der Waals surface area contributed by atoms with Crippen molar-refractivity contribution in [3.05, 3.63) is 38.9 Å². The van der Waals surface area contributed by atoms with Gasteiger partial charge in [-0.3, -0.25) is 0 Å². The van der Waals surface area contributed by atoms with Gasteiger partial charge in [-0.1, -0.05) is 12.8 Å². The largest absolute Gasteiger partial charge is 0.319 e. The average Bonchev–Trinajstić information content (AvgIpc) is 2.99. The van der Waals surface area contributed by atoms with Gasteiger partial charge in [0, 0.05) is 15.4 Å². The van der Waals surface area contributed by atoms with Crippen LogP contribution < -0.4 is 5.73 Å². The lowest BCUT2D eigenvalue weighted by molar-refractivity contribution is 0.459. The van der Waals surface area contributed by atoms with Gasteiger partial charge in [-0.15, -0.1) is 11.3 Å². The van der Waals surface area contributed by atoms with E-state index in [2.05, 4.69) is 20.9 Å². The minimum absolute atomic E-state index is 0.253. The fourth-order valence-electron chi connectivity index (χ4n) is 2.54. The quantitative estimate of drug-likeness (QED) is 0.877. The number of benzene rings is 1. The minimum Gasteiger partial charge on any atom is -0.319 e. The molecule has 2 nitrogen and oxygen atoms in total. The summed E-state index contributed by atoms with van der Waals surface area (Å²) >= 11 is 4.99. The summed E-state index contributed by atoms with van der Waals surface area (Å²) < 4.78 is 13.8. The summed E-state index contributed by atoms with van der Waals surface area (Å²) in [7, 11) is 0. The van der Waals surface area contributed by atoms with Crippen LogP contribution >= 0.6 is 27.3 Å². The molecule has 1 heterocycles. The third kappa shape index (κ3) is 2.47. The van der Waals surface area contributed by atoms with Crippen LogP contribution in [0.2, 0.25) is 0 Å². The van der Waals surface area contributed by atoms with Crippen molar-refractivity contribution in [3.8, 4) is 11.3 Å². The summed E-state index contributed by atoms with van der Waals surface area (Å²) in [5, 5.41) is 3.00. The highest BCUT2D eigenvalue weighted by molar-refractivity contribution is 9.10. The highest BCUT2D eigenvalue weighted by Crippen LogP contribution is 2.39. The highest BCUT2D eigenvalue weighted by atomic mass is 79.9. The number of halogens is 2. The Balaban J connectivity index is 1.97. The molecule has 0 amide bonds. The summed E-state index contributed by atoms with van der Waals surface area (Å²) in [4.78, 5) is 4.67. The van der Waals surface area contributed by atoms with E-state index >= 15 is 0 Å². The van der Waals surface area contributed by atoms with E-state index < -0.39 is 0 Å². The van der Waals surface area contributed by atoms with Crippen molar-refractivity contribution >= 4 is 27.3 Å². The predicted molar refractivity (Wildman–Crippen MR) is 79.5 cm³/mol. The number of nitrogens with zero attached hydrogens (tertiary/aromatic N) is 1. The zero-order valence-electron chi connectivity index (χ0n) is 10.3. The van der Waals surface area contributed by atoms with E-state index in [1.165, 1.54) is 25.0 Å². The van der Waals surface area contributed by atoms with Crippen molar-refractivity contribution in [1.82, 2.24) is 4.98 Å². The summed E-state index contributed by atoms with van der Waals surface area (Å²) in [5.74, 6) is -0.253. The van der Waals surface area contributed by atoms with Crippen LogP contribution in [0.5, 0.6) is 0 Å². The van der Waals surface area contributed by atoms with Gasteiger partial charge >= 0.3 is 0 Å². The Morgan fingerprint density at radius 2 is 2.05 bits per heavy atom. The van der Waals surface area contributed by atoms with E-state index in [-0.39, 0.29) is 11.4 Å². The van der Waals surface area contributed by atoms with Crippen LogP contribution in [0.4, 0.5) is 4.39 Å². The SMILES string of the molecule is NC1(c2nc(-c3ccc(F)cc3Br)cs2)CCCC1. The maximum atomic E-state index is 13.1. The lowest BCUT2D eigenvalue weighted by atomic mass is 10.0. The molecule has 1 aromatic carbocycles. The van der Waals surface area contributed by atoms with Crippen LogP contribution in [0, 0.1) is 5.82 Å². The first-order chi connectivity index (χ1) is 9.08. The molecule has 1 saturated carbocycles. The molecule has 0 aliphatic heterocycles. The molecule has 1 aliphatic carbocycles. The van der Waals surface area contributed by atoms with E-state index in [4.69, 9.17) is 5.73 Å². The zero-order chi connectivity index (χ0) is 13.5. The zero-order valence-corrected chi connectivity index (χ0v) is 12.7. The Morgan fingerprint density at radius 3 is 2.74 bits per heavy atom. The van der Waals surface area contributed by atoms with E-state index in [1.807, 2.05) is 5.38 Å². The molecule has 19 heavy (non-hydrogen) atoms. The highest BCUT2D eigenvalue weighted by Gasteiger charge is 2.34. The number of hydrogen-bond donors (Lipinski definition) is 1. The van der Waals surface area contributed by atoms with Crippen LogP contribution in [0.3, 0.4) is 0 Å². The first-order valence-corrected chi connectivity index (χ1v) is 7.96. The molecule has 0 radical (unpaired) electrons. The maximum absolute atomic E-state index is 13.1. The molecule has 0 unspecified atom stereocenters. The summed E-state index contributed by atoms with van der Waals surface area (Å²) in [6, 6.07) is 4.66. The lowest BCUT2D eigenvalue weighted by Gasteiger charge is -2.19. The Bertz CT molecular complexity index is 605. The fourth-order valence-corrected chi connectivity index (χ4v) is 4.09. The van der Waals surface area contributed by atoms with Gasteiger partial charge in [0.25, 0.3) is 0 Å². The number of nitrogens with two attached hydrogens (primary N) is 1. The lowest BCUT2D eigenvalue weighted by Crippen LogP contribution is -2.32. The van der Waals surface area contributed by atoms with E-state index in [9.17, 15) is 4.39 Å². The monoisotopic (exact) mass is 340 g/mol. The maximum Gasteiger partial charge on any atom is 0.124 e. The molecule has 1 aromatic heterocycles. The second-order valence-corrected chi connectivity index (χ2v) is 6.74. The molecule has 5 heteroatoms. The van der Waals surface area contributed by atoms with Crippen LogP contribution in [-0.4, -0.2) is 4.98 Å². The van der Waals surface area contributed by atoms with Gasteiger partial charge in [-0.2, -0.15) is 0 Å². The Hall–Kier alpha value is -0.780. The van der Waals surface area contributed by atoms with Crippen molar-refractivity contribution in [2.45, 2.75) is 31.2 Å². The molecule has 0 saturated heterocycles. The number of hydrogen-bond acceptors (Lipinski definition) is 3. The second-order valence-electron chi connectivity index (χ2n) is 5.03. The van der Waals surface area contributed by atoms with Gasteiger partial charge in [0.05, 0.1) is 11.2 Å². The third-order valence-corrected chi connectivity index (χ3v) is 5.35. The first-order valence-electron chi connectivity index (χ1n) is 6.29. The Labute approximate surface area is 124 Å². The predicted octanol–water partition coefficient (Wildman–Crippen LogP) is 4.44. The van der Waals surface area contributed by atoms with Crippen molar-refractivity contribution < 1.29 is 4.39 Å². The van der Waals surface area contributed by atoms with Crippen molar-refractivity contribution in [3.63, 3.8) is 0 Å². The van der Waals surface area contributed by atoms with Gasteiger partial charge in [0.2, 0.25) is 0 Å². The molecule has 2 N–H and O–H groups in total. The van der Waals surface area contributed by atoms with Gasteiger partial charge in [-0.05, 0) is 47.0 Å².